The van der Waals surface area contributed by atoms with Crippen LogP contribution in [0.25, 0.3) is 0 Å². The van der Waals surface area contributed by atoms with Crippen molar-refractivity contribution < 1.29 is 0 Å². The third kappa shape index (κ3) is 4.82. The van der Waals surface area contributed by atoms with E-state index in [1.54, 1.807) is 17.8 Å². The van der Waals surface area contributed by atoms with Crippen LogP contribution in [-0.2, 0) is 6.42 Å². The first-order valence-electron chi connectivity index (χ1n) is 6.47. The van der Waals surface area contributed by atoms with E-state index in [4.69, 9.17) is 0 Å². The molecule has 0 aliphatic carbocycles. The molecule has 0 bridgehead atoms. The second-order valence-electron chi connectivity index (χ2n) is 4.74. The zero-order valence-electron chi connectivity index (χ0n) is 11.6. The van der Waals surface area contributed by atoms with Gasteiger partial charge in [-0.3, -0.25) is 4.79 Å². The molecule has 0 saturated heterocycles. The Bertz CT molecular complexity index is 417. The number of nitrogens with zero attached hydrogens (tertiary/aromatic N) is 1. The van der Waals surface area contributed by atoms with E-state index < -0.39 is 0 Å². The van der Waals surface area contributed by atoms with Crippen LogP contribution in [0.2, 0.25) is 0 Å². The summed E-state index contributed by atoms with van der Waals surface area (Å²) in [4.78, 5) is 18.8. The number of H-pyrrole nitrogens is 1. The molecule has 0 aliphatic heterocycles. The Morgan fingerprint density at radius 3 is 2.78 bits per heavy atom. The minimum Gasteiger partial charge on any atom is -0.316 e. The monoisotopic (exact) mass is 269 g/mol. The van der Waals surface area contributed by atoms with E-state index in [-0.39, 0.29) is 5.56 Å². The Morgan fingerprint density at radius 1 is 1.50 bits per heavy atom. The number of aryl methyl sites for hydroxylation is 1. The van der Waals surface area contributed by atoms with Crippen molar-refractivity contribution in [1.82, 2.24) is 15.3 Å². The van der Waals surface area contributed by atoms with Gasteiger partial charge in [-0.25, -0.2) is 4.98 Å². The third-order valence-electron chi connectivity index (χ3n) is 2.85. The number of hydrogen-bond donors (Lipinski definition) is 2. The molecule has 0 amide bonds. The number of rotatable bonds is 7. The van der Waals surface area contributed by atoms with Crippen LogP contribution in [0.1, 0.15) is 32.9 Å². The number of thioether (sulfide) groups is 1. The maximum absolute atomic E-state index is 11.5. The largest absolute Gasteiger partial charge is 0.316 e. The third-order valence-corrected chi connectivity index (χ3v) is 3.85. The fourth-order valence-corrected chi connectivity index (χ4v) is 2.96. The van der Waals surface area contributed by atoms with Gasteiger partial charge in [0.25, 0.3) is 5.56 Å². The summed E-state index contributed by atoms with van der Waals surface area (Å²) in [6, 6.07) is 2.01. The van der Waals surface area contributed by atoms with Gasteiger partial charge in [-0.05, 0) is 19.4 Å². The summed E-state index contributed by atoms with van der Waals surface area (Å²) in [7, 11) is 1.97. The molecule has 4 nitrogen and oxygen atoms in total. The van der Waals surface area contributed by atoms with Gasteiger partial charge in [0, 0.05) is 23.6 Å². The van der Waals surface area contributed by atoms with Crippen LogP contribution in [0.4, 0.5) is 0 Å². The van der Waals surface area contributed by atoms with Gasteiger partial charge in [-0.2, -0.15) is 0 Å². The second kappa shape index (κ2) is 7.59. The molecule has 5 heteroatoms. The van der Waals surface area contributed by atoms with Gasteiger partial charge in [0.15, 0.2) is 5.16 Å². The molecule has 0 saturated carbocycles. The smallest absolute Gasteiger partial charge is 0.251 e. The lowest BCUT2D eigenvalue weighted by atomic mass is 10.1. The van der Waals surface area contributed by atoms with Gasteiger partial charge in [-0.1, -0.05) is 39.0 Å². The summed E-state index contributed by atoms with van der Waals surface area (Å²) in [6.07, 6.45) is 1.86. The Balaban J connectivity index is 2.69. The average molecular weight is 269 g/mol. The molecule has 1 heterocycles. The van der Waals surface area contributed by atoms with E-state index >= 15 is 0 Å². The van der Waals surface area contributed by atoms with Crippen LogP contribution in [0, 0.1) is 5.92 Å². The van der Waals surface area contributed by atoms with Crippen molar-refractivity contribution >= 4 is 11.8 Å². The van der Waals surface area contributed by atoms with Gasteiger partial charge in [-0.15, -0.1) is 0 Å². The SMILES string of the molecule is CCCc1cc(=O)[nH]c(SCC(NC)C(C)C)n1. The van der Waals surface area contributed by atoms with Gasteiger partial charge in [0.2, 0.25) is 0 Å². The molecule has 0 aromatic carbocycles. The predicted molar refractivity (Wildman–Crippen MR) is 77.3 cm³/mol. The van der Waals surface area contributed by atoms with Crippen LogP contribution in [0.5, 0.6) is 0 Å². The summed E-state index contributed by atoms with van der Waals surface area (Å²) in [6.45, 7) is 6.46. The molecule has 0 spiro atoms. The normalized spacial score (nSPS) is 12.9. The fraction of sp³-hybridized carbons (Fsp3) is 0.692. The number of aromatic amines is 1. The zero-order chi connectivity index (χ0) is 13.5. The van der Waals surface area contributed by atoms with Crippen LogP contribution >= 0.6 is 11.8 Å². The van der Waals surface area contributed by atoms with Gasteiger partial charge in [0.05, 0.1) is 0 Å². The molecule has 1 atom stereocenters. The minimum absolute atomic E-state index is 0.0542. The van der Waals surface area contributed by atoms with Gasteiger partial charge in [0.1, 0.15) is 0 Å². The Labute approximate surface area is 113 Å². The molecule has 1 rings (SSSR count). The predicted octanol–water partition coefficient (Wildman–Crippen LogP) is 2.06. The highest BCUT2D eigenvalue weighted by atomic mass is 32.2. The van der Waals surface area contributed by atoms with Crippen molar-refractivity contribution in [3.8, 4) is 0 Å². The number of aromatic nitrogens is 2. The highest BCUT2D eigenvalue weighted by molar-refractivity contribution is 7.99. The molecule has 1 aromatic rings. The average Bonchev–Trinajstić information content (AvgIpc) is 2.29. The van der Waals surface area contributed by atoms with Crippen LogP contribution in [-0.4, -0.2) is 28.8 Å². The maximum atomic E-state index is 11.5. The number of hydrogen-bond acceptors (Lipinski definition) is 4. The van der Waals surface area contributed by atoms with Crippen LogP contribution < -0.4 is 10.9 Å². The Morgan fingerprint density at radius 2 is 2.22 bits per heavy atom. The molecule has 0 radical (unpaired) electrons. The molecule has 2 N–H and O–H groups in total. The molecule has 0 fully saturated rings. The molecule has 18 heavy (non-hydrogen) atoms. The van der Waals surface area contributed by atoms with Gasteiger partial charge >= 0.3 is 0 Å². The first kappa shape index (κ1) is 15.2. The lowest BCUT2D eigenvalue weighted by Gasteiger charge is -2.19. The molecule has 0 aliphatic rings. The number of nitrogens with one attached hydrogen (secondary N) is 2. The first-order chi connectivity index (χ1) is 8.56. The van der Waals surface area contributed by atoms with Crippen molar-refractivity contribution in [2.24, 2.45) is 5.92 Å². The van der Waals surface area contributed by atoms with Crippen LogP contribution in [0.3, 0.4) is 0 Å². The summed E-state index contributed by atoms with van der Waals surface area (Å²) in [5.74, 6) is 1.47. The fourth-order valence-electron chi connectivity index (χ4n) is 1.71. The summed E-state index contributed by atoms with van der Waals surface area (Å²) in [5, 5.41) is 4.01. The van der Waals surface area contributed by atoms with Crippen molar-refractivity contribution in [2.45, 2.75) is 44.8 Å². The summed E-state index contributed by atoms with van der Waals surface area (Å²) in [5.41, 5.74) is 0.829. The van der Waals surface area contributed by atoms with E-state index in [2.05, 4.69) is 36.1 Å². The van der Waals surface area contributed by atoms with E-state index in [1.165, 1.54) is 0 Å². The lowest BCUT2D eigenvalue weighted by molar-refractivity contribution is 0.465. The van der Waals surface area contributed by atoms with E-state index in [1.807, 2.05) is 7.05 Å². The standard InChI is InChI=1S/C13H23N3OS/c1-5-6-10-7-12(17)16-13(15-10)18-8-11(14-4)9(2)3/h7,9,11,14H,5-6,8H2,1-4H3,(H,15,16,17). The minimum atomic E-state index is -0.0542. The highest BCUT2D eigenvalue weighted by Crippen LogP contribution is 2.16. The first-order valence-corrected chi connectivity index (χ1v) is 7.45. The Kier molecular flexibility index (Phi) is 6.43. The molecule has 1 unspecified atom stereocenters. The van der Waals surface area contributed by atoms with E-state index in [0.717, 1.165) is 29.4 Å². The zero-order valence-corrected chi connectivity index (χ0v) is 12.4. The van der Waals surface area contributed by atoms with Crippen molar-refractivity contribution in [3.63, 3.8) is 0 Å². The lowest BCUT2D eigenvalue weighted by Crippen LogP contribution is -2.33. The molecular weight excluding hydrogens is 246 g/mol. The van der Waals surface area contributed by atoms with E-state index in [9.17, 15) is 4.79 Å². The van der Waals surface area contributed by atoms with Crippen molar-refractivity contribution in [3.05, 3.63) is 22.1 Å². The molecular formula is C13H23N3OS. The highest BCUT2D eigenvalue weighted by Gasteiger charge is 2.12. The summed E-state index contributed by atoms with van der Waals surface area (Å²) < 4.78 is 0. The second-order valence-corrected chi connectivity index (χ2v) is 5.75. The maximum Gasteiger partial charge on any atom is 0.251 e. The summed E-state index contributed by atoms with van der Waals surface area (Å²) >= 11 is 1.61. The van der Waals surface area contributed by atoms with Crippen LogP contribution in [0.15, 0.2) is 16.0 Å². The Hall–Kier alpha value is -0.810. The molecule has 102 valence electrons. The topological polar surface area (TPSA) is 57.8 Å². The van der Waals surface area contributed by atoms with E-state index in [0.29, 0.717) is 12.0 Å². The van der Waals surface area contributed by atoms with Crippen molar-refractivity contribution in [1.29, 1.82) is 0 Å². The quantitative estimate of drug-likeness (QED) is 0.587. The molecule has 1 aromatic heterocycles. The van der Waals surface area contributed by atoms with Crippen molar-refractivity contribution in [2.75, 3.05) is 12.8 Å². The van der Waals surface area contributed by atoms with Gasteiger partial charge < -0.3 is 10.3 Å².